The first-order valence-electron chi connectivity index (χ1n) is 11.6. The maximum absolute atomic E-state index is 6.20. The maximum Gasteiger partial charge on any atom is 0.119 e. The van der Waals surface area contributed by atoms with Gasteiger partial charge in [0, 0.05) is 63.1 Å². The zero-order chi connectivity index (χ0) is 22.8. The van der Waals surface area contributed by atoms with E-state index in [0.717, 1.165) is 57.1 Å². The molecule has 3 rings (SSSR count). The monoisotopic (exact) mass is 438 g/mol. The Bertz CT molecular complexity index is 805. The van der Waals surface area contributed by atoms with Crippen molar-refractivity contribution in [1.82, 2.24) is 4.90 Å². The summed E-state index contributed by atoms with van der Waals surface area (Å²) in [5, 5.41) is 0. The molecule has 0 amide bonds. The highest BCUT2D eigenvalue weighted by molar-refractivity contribution is 5.49. The summed E-state index contributed by atoms with van der Waals surface area (Å²) in [6, 6.07) is 8.51. The normalized spacial score (nSPS) is 21.0. The summed E-state index contributed by atoms with van der Waals surface area (Å²) in [6.07, 6.45) is 12.5. The highest BCUT2D eigenvalue weighted by atomic mass is 16.5. The van der Waals surface area contributed by atoms with Crippen LogP contribution in [-0.4, -0.2) is 58.5 Å². The predicted molar refractivity (Wildman–Crippen MR) is 132 cm³/mol. The van der Waals surface area contributed by atoms with E-state index < -0.39 is 0 Å². The SMILES string of the molecule is C=C(C)N1CCN(c2ccc(OCC3C=CC=CC3/C(=C\OC)CCCOC)cc2)CC1. The number of allylic oxidation sites excluding steroid dienone is 5. The number of benzene rings is 1. The van der Waals surface area contributed by atoms with Crippen LogP contribution in [0, 0.1) is 11.8 Å². The Balaban J connectivity index is 1.55. The highest BCUT2D eigenvalue weighted by Gasteiger charge is 2.24. The largest absolute Gasteiger partial charge is 0.504 e. The summed E-state index contributed by atoms with van der Waals surface area (Å²) in [4.78, 5) is 4.77. The Morgan fingerprint density at radius 3 is 2.44 bits per heavy atom. The molecule has 2 unspecified atom stereocenters. The van der Waals surface area contributed by atoms with E-state index in [-0.39, 0.29) is 11.8 Å². The summed E-state index contributed by atoms with van der Waals surface area (Å²) in [6.45, 7) is 11.6. The minimum atomic E-state index is 0.277. The number of hydrogen-bond donors (Lipinski definition) is 0. The minimum Gasteiger partial charge on any atom is -0.504 e. The molecule has 0 N–H and O–H groups in total. The number of piperazine rings is 1. The Hall–Kier alpha value is -2.66. The van der Waals surface area contributed by atoms with Gasteiger partial charge in [0.15, 0.2) is 0 Å². The lowest BCUT2D eigenvalue weighted by atomic mass is 9.82. The van der Waals surface area contributed by atoms with Crippen LogP contribution >= 0.6 is 0 Å². The zero-order valence-corrected chi connectivity index (χ0v) is 19.8. The van der Waals surface area contributed by atoms with Crippen molar-refractivity contribution < 1.29 is 14.2 Å². The van der Waals surface area contributed by atoms with E-state index in [2.05, 4.69) is 71.9 Å². The molecule has 1 aliphatic carbocycles. The van der Waals surface area contributed by atoms with Crippen molar-refractivity contribution in [3.8, 4) is 5.75 Å². The number of rotatable bonds is 11. The van der Waals surface area contributed by atoms with Crippen LogP contribution in [0.5, 0.6) is 5.75 Å². The third-order valence-corrected chi connectivity index (χ3v) is 6.22. The number of ether oxygens (including phenoxy) is 3. The lowest BCUT2D eigenvalue weighted by molar-refractivity contribution is 0.192. The van der Waals surface area contributed by atoms with Crippen LogP contribution in [0.2, 0.25) is 0 Å². The van der Waals surface area contributed by atoms with E-state index in [9.17, 15) is 0 Å². The molecule has 1 aromatic rings. The van der Waals surface area contributed by atoms with Crippen molar-refractivity contribution in [3.63, 3.8) is 0 Å². The molecule has 0 spiro atoms. The van der Waals surface area contributed by atoms with Crippen LogP contribution in [0.3, 0.4) is 0 Å². The van der Waals surface area contributed by atoms with Crippen molar-refractivity contribution in [2.45, 2.75) is 19.8 Å². The van der Waals surface area contributed by atoms with Gasteiger partial charge >= 0.3 is 0 Å². The van der Waals surface area contributed by atoms with Gasteiger partial charge in [-0.25, -0.2) is 0 Å². The van der Waals surface area contributed by atoms with Crippen LogP contribution in [0.1, 0.15) is 19.8 Å². The molecule has 1 aromatic carbocycles. The lowest BCUT2D eigenvalue weighted by Gasteiger charge is -2.37. The molecule has 0 radical (unpaired) electrons. The van der Waals surface area contributed by atoms with E-state index in [1.165, 1.54) is 11.3 Å². The second kappa shape index (κ2) is 12.4. The van der Waals surface area contributed by atoms with Gasteiger partial charge in [-0.2, -0.15) is 0 Å². The standard InChI is InChI=1S/C27H38N2O3/c1-22(2)28-15-17-29(18-16-28)25-11-13-26(14-12-25)32-21-24-8-5-6-10-27(24)23(20-31-4)9-7-19-30-3/h5-6,8,10-14,20,24,27H,1,7,9,15-19,21H2,2-4H3/b23-20-. The smallest absolute Gasteiger partial charge is 0.119 e. The molecule has 1 fully saturated rings. The first-order chi connectivity index (χ1) is 15.6. The van der Waals surface area contributed by atoms with Gasteiger partial charge in [0.2, 0.25) is 0 Å². The van der Waals surface area contributed by atoms with Gasteiger partial charge in [-0.1, -0.05) is 30.9 Å². The Labute approximate surface area is 193 Å². The highest BCUT2D eigenvalue weighted by Crippen LogP contribution is 2.31. The van der Waals surface area contributed by atoms with Gasteiger partial charge < -0.3 is 24.0 Å². The third kappa shape index (κ3) is 6.67. The molecule has 1 saturated heterocycles. The van der Waals surface area contributed by atoms with Crippen molar-refractivity contribution in [3.05, 3.63) is 72.7 Å². The molecule has 0 saturated carbocycles. The molecule has 1 heterocycles. The Kier molecular flexibility index (Phi) is 9.29. The van der Waals surface area contributed by atoms with Gasteiger partial charge in [-0.15, -0.1) is 0 Å². The number of hydrogen-bond acceptors (Lipinski definition) is 5. The van der Waals surface area contributed by atoms with Crippen LogP contribution in [0.25, 0.3) is 0 Å². The molecule has 174 valence electrons. The van der Waals surface area contributed by atoms with Crippen LogP contribution < -0.4 is 9.64 Å². The van der Waals surface area contributed by atoms with E-state index in [0.29, 0.717) is 6.61 Å². The molecule has 2 aliphatic rings. The van der Waals surface area contributed by atoms with Gasteiger partial charge in [0.05, 0.1) is 20.0 Å². The quantitative estimate of drug-likeness (QED) is 0.357. The fourth-order valence-corrected chi connectivity index (χ4v) is 4.38. The first-order valence-corrected chi connectivity index (χ1v) is 11.6. The second-order valence-electron chi connectivity index (χ2n) is 8.50. The average molecular weight is 439 g/mol. The van der Waals surface area contributed by atoms with E-state index in [1.54, 1.807) is 14.2 Å². The fourth-order valence-electron chi connectivity index (χ4n) is 4.38. The van der Waals surface area contributed by atoms with E-state index >= 15 is 0 Å². The van der Waals surface area contributed by atoms with E-state index in [4.69, 9.17) is 14.2 Å². The van der Waals surface area contributed by atoms with Crippen LogP contribution in [-0.2, 0) is 9.47 Å². The number of anilines is 1. The predicted octanol–water partition coefficient (Wildman–Crippen LogP) is 5.04. The summed E-state index contributed by atoms with van der Waals surface area (Å²) in [7, 11) is 3.46. The summed E-state index contributed by atoms with van der Waals surface area (Å²) in [5.41, 5.74) is 3.68. The average Bonchev–Trinajstić information content (AvgIpc) is 2.83. The van der Waals surface area contributed by atoms with Crippen molar-refractivity contribution in [1.29, 1.82) is 0 Å². The summed E-state index contributed by atoms with van der Waals surface area (Å²) < 4.78 is 16.8. The topological polar surface area (TPSA) is 34.2 Å². The molecule has 2 atom stereocenters. The molecule has 1 aliphatic heterocycles. The van der Waals surface area contributed by atoms with Gasteiger partial charge in [0.1, 0.15) is 5.75 Å². The minimum absolute atomic E-state index is 0.277. The van der Waals surface area contributed by atoms with Crippen molar-refractivity contribution in [2.24, 2.45) is 11.8 Å². The van der Waals surface area contributed by atoms with Gasteiger partial charge in [-0.05, 0) is 49.6 Å². The first kappa shape index (κ1) is 24.0. The molecular formula is C27H38N2O3. The molecule has 0 aromatic heterocycles. The summed E-state index contributed by atoms with van der Waals surface area (Å²) >= 11 is 0. The molecule has 5 nitrogen and oxygen atoms in total. The molecule has 0 bridgehead atoms. The Morgan fingerprint density at radius 2 is 1.78 bits per heavy atom. The van der Waals surface area contributed by atoms with Gasteiger partial charge in [0.25, 0.3) is 0 Å². The molecular weight excluding hydrogens is 400 g/mol. The van der Waals surface area contributed by atoms with Crippen LogP contribution in [0.4, 0.5) is 5.69 Å². The van der Waals surface area contributed by atoms with Crippen LogP contribution in [0.15, 0.2) is 72.7 Å². The molecule has 5 heteroatoms. The van der Waals surface area contributed by atoms with Crippen molar-refractivity contribution in [2.75, 3.05) is 58.5 Å². The summed E-state index contributed by atoms with van der Waals surface area (Å²) in [5.74, 6) is 1.47. The van der Waals surface area contributed by atoms with Gasteiger partial charge in [-0.3, -0.25) is 0 Å². The zero-order valence-electron chi connectivity index (χ0n) is 19.8. The Morgan fingerprint density at radius 1 is 1.06 bits per heavy atom. The fraction of sp³-hybridized carbons (Fsp3) is 0.481. The number of nitrogens with zero attached hydrogens (tertiary/aromatic N) is 2. The third-order valence-electron chi connectivity index (χ3n) is 6.22. The maximum atomic E-state index is 6.20. The lowest BCUT2D eigenvalue weighted by Crippen LogP contribution is -2.45. The number of methoxy groups -OCH3 is 2. The molecule has 32 heavy (non-hydrogen) atoms. The van der Waals surface area contributed by atoms with Crippen molar-refractivity contribution >= 4 is 5.69 Å². The second-order valence-corrected chi connectivity index (χ2v) is 8.50. The van der Waals surface area contributed by atoms with E-state index in [1.807, 2.05) is 6.26 Å².